The lowest BCUT2D eigenvalue weighted by molar-refractivity contribution is -0.0690. The van der Waals surface area contributed by atoms with E-state index >= 15 is 0 Å². The van der Waals surface area contributed by atoms with Gasteiger partial charge in [-0.05, 0) is 60.5 Å². The summed E-state index contributed by atoms with van der Waals surface area (Å²) in [7, 11) is 0. The number of hydrogen-bond acceptors (Lipinski definition) is 3. The normalized spacial score (nSPS) is 22.1. The van der Waals surface area contributed by atoms with E-state index in [-0.39, 0.29) is 23.3 Å². The van der Waals surface area contributed by atoms with Gasteiger partial charge in [0.05, 0.1) is 22.9 Å². The van der Waals surface area contributed by atoms with Crippen molar-refractivity contribution >= 4 is 6.03 Å². The lowest BCUT2D eigenvalue weighted by Crippen LogP contribution is -2.49. The predicted octanol–water partition coefficient (Wildman–Crippen LogP) is 2.54. The number of ether oxygens (including phenoxy) is 1. The first-order valence-corrected chi connectivity index (χ1v) is 8.35. The molecule has 2 N–H and O–H groups in total. The zero-order valence-electron chi connectivity index (χ0n) is 15.2. The van der Waals surface area contributed by atoms with E-state index in [1.807, 2.05) is 32.4 Å². The molecule has 1 aliphatic rings. The minimum absolute atomic E-state index is 0.0218. The van der Waals surface area contributed by atoms with E-state index in [4.69, 9.17) is 4.74 Å². The summed E-state index contributed by atoms with van der Waals surface area (Å²) in [5.74, 6) is 0. The topological polar surface area (TPSA) is 68.2 Å². The van der Waals surface area contributed by atoms with Crippen LogP contribution in [0.25, 0.3) is 0 Å². The zero-order chi connectivity index (χ0) is 17.3. The van der Waals surface area contributed by atoms with Crippen LogP contribution in [0.4, 0.5) is 4.79 Å². The first-order chi connectivity index (χ1) is 10.6. The number of aromatic nitrogens is 2. The van der Waals surface area contributed by atoms with Crippen molar-refractivity contribution in [2.45, 2.75) is 78.2 Å². The number of hydrogen-bond donors (Lipinski definition) is 2. The molecule has 1 aromatic rings. The molecule has 1 atom stereocenters. The molecule has 0 saturated carbocycles. The second kappa shape index (κ2) is 6.51. The van der Waals surface area contributed by atoms with Gasteiger partial charge in [-0.1, -0.05) is 0 Å². The van der Waals surface area contributed by atoms with E-state index in [0.29, 0.717) is 6.54 Å². The maximum Gasteiger partial charge on any atom is 0.315 e. The molecule has 2 heterocycles. The summed E-state index contributed by atoms with van der Waals surface area (Å²) in [6.07, 6.45) is 1.67. The van der Waals surface area contributed by atoms with Gasteiger partial charge < -0.3 is 15.4 Å². The second-order valence-corrected chi connectivity index (χ2v) is 7.63. The van der Waals surface area contributed by atoms with Crippen molar-refractivity contribution in [3.8, 4) is 0 Å². The number of rotatable bonds is 5. The van der Waals surface area contributed by atoms with Gasteiger partial charge in [0.15, 0.2) is 0 Å². The molecule has 23 heavy (non-hydrogen) atoms. The van der Waals surface area contributed by atoms with E-state index in [0.717, 1.165) is 30.8 Å². The lowest BCUT2D eigenvalue weighted by atomic mass is 9.95. The Morgan fingerprint density at radius 2 is 2.09 bits per heavy atom. The molecular formula is C17H30N4O2. The molecule has 6 heteroatoms. The van der Waals surface area contributed by atoms with Crippen molar-refractivity contribution in [1.82, 2.24) is 20.4 Å². The number of carbonyl (C=O) groups excluding carboxylic acids is 1. The van der Waals surface area contributed by atoms with E-state index in [2.05, 4.69) is 35.6 Å². The van der Waals surface area contributed by atoms with E-state index in [9.17, 15) is 4.79 Å². The Balaban J connectivity index is 1.72. The highest BCUT2D eigenvalue weighted by molar-refractivity contribution is 5.74. The SMILES string of the molecule is Cc1cc(C)n(CCCNC(=O)N[C@H]2CC(C)(C)OC2(C)C)n1. The molecule has 0 aromatic carbocycles. The number of nitrogens with zero attached hydrogens (tertiary/aromatic N) is 2. The van der Waals surface area contributed by atoms with Gasteiger partial charge in [0.2, 0.25) is 0 Å². The predicted molar refractivity (Wildman–Crippen MR) is 90.5 cm³/mol. The quantitative estimate of drug-likeness (QED) is 0.819. The van der Waals surface area contributed by atoms with Crippen molar-refractivity contribution < 1.29 is 9.53 Å². The first-order valence-electron chi connectivity index (χ1n) is 8.35. The first kappa shape index (κ1) is 17.8. The molecule has 1 aromatic heterocycles. The standard InChI is InChI=1S/C17H30N4O2/c1-12-10-13(2)21(20-12)9-7-8-18-15(22)19-14-11-16(3,4)23-17(14,5)6/h10,14H,7-9,11H2,1-6H3,(H2,18,19,22)/t14-/m0/s1. The molecular weight excluding hydrogens is 292 g/mol. The summed E-state index contributed by atoms with van der Waals surface area (Å²) in [6.45, 7) is 13.6. The van der Waals surface area contributed by atoms with Crippen molar-refractivity contribution in [1.29, 1.82) is 0 Å². The molecule has 0 spiro atoms. The lowest BCUT2D eigenvalue weighted by Gasteiger charge is -2.27. The average molecular weight is 322 g/mol. The highest BCUT2D eigenvalue weighted by Crippen LogP contribution is 2.37. The van der Waals surface area contributed by atoms with Crippen LogP contribution in [0.3, 0.4) is 0 Å². The zero-order valence-corrected chi connectivity index (χ0v) is 15.2. The number of amides is 2. The van der Waals surface area contributed by atoms with Crippen LogP contribution in [-0.2, 0) is 11.3 Å². The van der Waals surface area contributed by atoms with Gasteiger partial charge in [0.1, 0.15) is 0 Å². The van der Waals surface area contributed by atoms with Crippen molar-refractivity contribution in [2.75, 3.05) is 6.54 Å². The molecule has 0 unspecified atom stereocenters. The Hall–Kier alpha value is -1.56. The molecule has 1 fully saturated rings. The van der Waals surface area contributed by atoms with Crippen LogP contribution in [-0.4, -0.2) is 39.6 Å². The molecule has 0 aliphatic carbocycles. The molecule has 0 bridgehead atoms. The third-order valence-electron chi connectivity index (χ3n) is 4.32. The summed E-state index contributed by atoms with van der Waals surface area (Å²) in [6, 6.07) is 1.95. The van der Waals surface area contributed by atoms with Crippen LogP contribution in [0.2, 0.25) is 0 Å². The van der Waals surface area contributed by atoms with Gasteiger partial charge in [0, 0.05) is 18.8 Å². The fraction of sp³-hybridized carbons (Fsp3) is 0.765. The van der Waals surface area contributed by atoms with E-state index in [1.165, 1.54) is 0 Å². The minimum Gasteiger partial charge on any atom is -0.367 e. The van der Waals surface area contributed by atoms with Gasteiger partial charge in [-0.25, -0.2) is 4.79 Å². The second-order valence-electron chi connectivity index (χ2n) is 7.63. The number of urea groups is 1. The molecule has 6 nitrogen and oxygen atoms in total. The molecule has 1 saturated heterocycles. The van der Waals surface area contributed by atoms with Gasteiger partial charge in [-0.3, -0.25) is 4.68 Å². The van der Waals surface area contributed by atoms with Gasteiger partial charge in [-0.2, -0.15) is 5.10 Å². The summed E-state index contributed by atoms with van der Waals surface area (Å²) in [5.41, 5.74) is 1.64. The number of nitrogens with one attached hydrogen (secondary N) is 2. The molecule has 2 rings (SSSR count). The van der Waals surface area contributed by atoms with E-state index < -0.39 is 0 Å². The fourth-order valence-electron chi connectivity index (χ4n) is 3.33. The van der Waals surface area contributed by atoms with Gasteiger partial charge in [-0.15, -0.1) is 0 Å². The Bertz CT molecular complexity index is 563. The maximum atomic E-state index is 12.1. The van der Waals surface area contributed by atoms with Crippen LogP contribution in [0.5, 0.6) is 0 Å². The van der Waals surface area contributed by atoms with Crippen LogP contribution in [0.1, 0.15) is 51.9 Å². The largest absolute Gasteiger partial charge is 0.367 e. The Morgan fingerprint density at radius 3 is 2.61 bits per heavy atom. The third-order valence-corrected chi connectivity index (χ3v) is 4.32. The monoisotopic (exact) mass is 322 g/mol. The van der Waals surface area contributed by atoms with Crippen LogP contribution >= 0.6 is 0 Å². The van der Waals surface area contributed by atoms with E-state index in [1.54, 1.807) is 0 Å². The highest BCUT2D eigenvalue weighted by atomic mass is 16.5. The number of aryl methyl sites for hydroxylation is 3. The highest BCUT2D eigenvalue weighted by Gasteiger charge is 2.46. The smallest absolute Gasteiger partial charge is 0.315 e. The average Bonchev–Trinajstić information content (AvgIpc) is 2.80. The van der Waals surface area contributed by atoms with Crippen molar-refractivity contribution in [3.05, 3.63) is 17.5 Å². The molecule has 0 radical (unpaired) electrons. The fourth-order valence-corrected chi connectivity index (χ4v) is 3.33. The van der Waals surface area contributed by atoms with Gasteiger partial charge in [0.25, 0.3) is 0 Å². The van der Waals surface area contributed by atoms with Crippen LogP contribution in [0.15, 0.2) is 6.07 Å². The summed E-state index contributed by atoms with van der Waals surface area (Å²) in [4.78, 5) is 12.1. The Kier molecular flexibility index (Phi) is 5.04. The van der Waals surface area contributed by atoms with Crippen molar-refractivity contribution in [2.24, 2.45) is 0 Å². The molecule has 1 aliphatic heterocycles. The van der Waals surface area contributed by atoms with Crippen molar-refractivity contribution in [3.63, 3.8) is 0 Å². The minimum atomic E-state index is -0.343. The maximum absolute atomic E-state index is 12.1. The summed E-state index contributed by atoms with van der Waals surface area (Å²) >= 11 is 0. The van der Waals surface area contributed by atoms with Crippen LogP contribution < -0.4 is 10.6 Å². The molecule has 2 amide bonds. The van der Waals surface area contributed by atoms with Crippen LogP contribution in [0, 0.1) is 13.8 Å². The summed E-state index contributed by atoms with van der Waals surface area (Å²) < 4.78 is 7.97. The Labute approximate surface area is 139 Å². The van der Waals surface area contributed by atoms with Gasteiger partial charge >= 0.3 is 6.03 Å². The Morgan fingerprint density at radius 1 is 1.39 bits per heavy atom. The third kappa shape index (κ3) is 4.70. The molecule has 130 valence electrons. The summed E-state index contributed by atoms with van der Waals surface area (Å²) in [5, 5.41) is 10.4. The number of carbonyl (C=O) groups is 1.